The Bertz CT molecular complexity index is 640. The smallest absolute Gasteiger partial charge is 0.399 e. The predicted octanol–water partition coefficient (Wildman–Crippen LogP) is 3.78. The van der Waals surface area contributed by atoms with Crippen LogP contribution in [0.15, 0.2) is 24.3 Å². The van der Waals surface area contributed by atoms with Crippen molar-refractivity contribution in [3.05, 3.63) is 29.8 Å². The van der Waals surface area contributed by atoms with E-state index < -0.39 is 7.12 Å². The molecule has 0 N–H and O–H groups in total. The topological polar surface area (TPSA) is 38.8 Å². The van der Waals surface area contributed by atoms with E-state index in [1.54, 1.807) is 0 Å². The fourth-order valence-electron chi connectivity index (χ4n) is 3.86. The van der Waals surface area contributed by atoms with Crippen LogP contribution in [-0.4, -0.2) is 41.7 Å². The van der Waals surface area contributed by atoms with E-state index in [2.05, 4.69) is 11.8 Å². The first-order valence-electron chi connectivity index (χ1n) is 10.0. The molecule has 4 nitrogen and oxygen atoms in total. The van der Waals surface area contributed by atoms with E-state index >= 15 is 0 Å². The van der Waals surface area contributed by atoms with E-state index in [0.29, 0.717) is 6.04 Å². The second-order valence-electron chi connectivity index (χ2n) is 8.65. The summed E-state index contributed by atoms with van der Waals surface area (Å²) < 4.78 is 12.3. The van der Waals surface area contributed by atoms with E-state index in [0.717, 1.165) is 43.3 Å². The lowest BCUT2D eigenvalue weighted by molar-refractivity contribution is 0.00578. The summed E-state index contributed by atoms with van der Waals surface area (Å²) in [4.78, 5) is 15.2. The molecule has 3 rings (SSSR count). The van der Waals surface area contributed by atoms with Gasteiger partial charge >= 0.3 is 7.12 Å². The van der Waals surface area contributed by atoms with E-state index in [4.69, 9.17) is 9.31 Å². The van der Waals surface area contributed by atoms with Gasteiger partial charge < -0.3 is 14.2 Å². The summed E-state index contributed by atoms with van der Waals surface area (Å²) in [7, 11) is -0.430. The van der Waals surface area contributed by atoms with Gasteiger partial charge in [-0.15, -0.1) is 0 Å². The summed E-state index contributed by atoms with van der Waals surface area (Å²) in [5.41, 5.74) is 0.895. The zero-order valence-corrected chi connectivity index (χ0v) is 16.9. The van der Waals surface area contributed by atoms with Crippen molar-refractivity contribution < 1.29 is 14.1 Å². The van der Waals surface area contributed by atoms with Crippen LogP contribution in [0.3, 0.4) is 0 Å². The highest BCUT2D eigenvalue weighted by molar-refractivity contribution is 6.62. The van der Waals surface area contributed by atoms with Gasteiger partial charge in [0, 0.05) is 18.2 Å². The van der Waals surface area contributed by atoms with Crippen LogP contribution in [0.5, 0.6) is 0 Å². The summed E-state index contributed by atoms with van der Waals surface area (Å²) >= 11 is 0. The van der Waals surface area contributed by atoms with Crippen molar-refractivity contribution in [1.82, 2.24) is 4.90 Å². The molecule has 0 saturated carbocycles. The number of likely N-dealkylation sites (tertiary alicyclic amines) is 1. The normalized spacial score (nSPS) is 24.7. The van der Waals surface area contributed by atoms with Crippen molar-refractivity contribution in [2.45, 2.75) is 84.0 Å². The third kappa shape index (κ3) is 3.70. The fraction of sp³-hybridized carbons (Fsp3) is 0.667. The summed E-state index contributed by atoms with van der Waals surface area (Å²) in [6, 6.07) is 8.16. The predicted molar refractivity (Wildman–Crippen MR) is 106 cm³/mol. The Kier molecular flexibility index (Phi) is 5.50. The molecular formula is C21H32BNO3. The van der Waals surface area contributed by atoms with Gasteiger partial charge in [-0.1, -0.05) is 25.5 Å². The minimum atomic E-state index is -0.430. The monoisotopic (exact) mass is 357 g/mol. The molecule has 0 aromatic heterocycles. The second-order valence-corrected chi connectivity index (χ2v) is 8.65. The maximum atomic E-state index is 13.2. The third-order valence-electron chi connectivity index (χ3n) is 6.17. The molecule has 1 aromatic carbocycles. The van der Waals surface area contributed by atoms with E-state index in [1.807, 2.05) is 52.0 Å². The lowest BCUT2D eigenvalue weighted by Crippen LogP contribution is -2.44. The highest BCUT2D eigenvalue weighted by Crippen LogP contribution is 2.36. The highest BCUT2D eigenvalue weighted by Gasteiger charge is 2.51. The zero-order valence-electron chi connectivity index (χ0n) is 16.9. The van der Waals surface area contributed by atoms with Crippen molar-refractivity contribution in [2.24, 2.45) is 0 Å². The molecule has 26 heavy (non-hydrogen) atoms. The molecule has 2 saturated heterocycles. The van der Waals surface area contributed by atoms with Gasteiger partial charge in [0.05, 0.1) is 11.2 Å². The van der Waals surface area contributed by atoms with E-state index in [-0.39, 0.29) is 17.1 Å². The lowest BCUT2D eigenvalue weighted by atomic mass is 9.78. The molecule has 0 spiro atoms. The Morgan fingerprint density at radius 2 is 1.88 bits per heavy atom. The number of piperidine rings is 1. The average Bonchev–Trinajstić information content (AvgIpc) is 2.83. The maximum absolute atomic E-state index is 13.2. The molecule has 2 fully saturated rings. The molecule has 0 radical (unpaired) electrons. The number of rotatable bonds is 4. The summed E-state index contributed by atoms with van der Waals surface area (Å²) in [6.45, 7) is 11.2. The van der Waals surface area contributed by atoms with Gasteiger partial charge in [-0.3, -0.25) is 4.79 Å². The first kappa shape index (κ1) is 19.4. The number of nitrogens with zero attached hydrogens (tertiary/aromatic N) is 1. The number of hydrogen-bond donors (Lipinski definition) is 0. The average molecular weight is 357 g/mol. The summed E-state index contributed by atoms with van der Waals surface area (Å²) in [5.74, 6) is 0.140. The van der Waals surface area contributed by atoms with Gasteiger partial charge in [-0.2, -0.15) is 0 Å². The van der Waals surface area contributed by atoms with E-state index in [9.17, 15) is 4.79 Å². The SMILES string of the molecule is CCC[C@@H]1CCCCN1C(=O)c1cccc(B2OC(C)(C)C(C)(C)O2)c1. The van der Waals surface area contributed by atoms with Crippen LogP contribution in [0.4, 0.5) is 0 Å². The van der Waals surface area contributed by atoms with Crippen LogP contribution in [0.2, 0.25) is 0 Å². The molecule has 1 aromatic rings. The first-order chi connectivity index (χ1) is 12.2. The molecular weight excluding hydrogens is 325 g/mol. The Labute approximate surface area is 158 Å². The van der Waals surface area contributed by atoms with Crippen molar-refractivity contribution in [3.63, 3.8) is 0 Å². The summed E-state index contributed by atoms with van der Waals surface area (Å²) in [5, 5.41) is 0. The highest BCUT2D eigenvalue weighted by atomic mass is 16.7. The fourth-order valence-corrected chi connectivity index (χ4v) is 3.86. The molecule has 1 atom stereocenters. The molecule has 2 heterocycles. The Hall–Kier alpha value is -1.33. The third-order valence-corrected chi connectivity index (χ3v) is 6.17. The summed E-state index contributed by atoms with van der Waals surface area (Å²) in [6.07, 6.45) is 5.65. The van der Waals surface area contributed by atoms with Gasteiger partial charge in [0.1, 0.15) is 0 Å². The second kappa shape index (κ2) is 7.36. The number of carbonyl (C=O) groups excluding carboxylic acids is 1. The zero-order chi connectivity index (χ0) is 18.9. The lowest BCUT2D eigenvalue weighted by Gasteiger charge is -2.36. The van der Waals surface area contributed by atoms with Crippen LogP contribution in [0.25, 0.3) is 0 Å². The van der Waals surface area contributed by atoms with E-state index in [1.165, 1.54) is 6.42 Å². The molecule has 2 aliphatic heterocycles. The van der Waals surface area contributed by atoms with Gasteiger partial charge in [0.2, 0.25) is 0 Å². The van der Waals surface area contributed by atoms with Crippen molar-refractivity contribution in [2.75, 3.05) is 6.54 Å². The van der Waals surface area contributed by atoms with Crippen molar-refractivity contribution in [1.29, 1.82) is 0 Å². The number of benzene rings is 1. The number of amides is 1. The first-order valence-corrected chi connectivity index (χ1v) is 10.0. The minimum absolute atomic E-state index is 0.140. The van der Waals surface area contributed by atoms with Crippen LogP contribution >= 0.6 is 0 Å². The molecule has 0 aliphatic carbocycles. The van der Waals surface area contributed by atoms with Crippen LogP contribution < -0.4 is 5.46 Å². The van der Waals surface area contributed by atoms with Gasteiger partial charge in [0.25, 0.3) is 5.91 Å². The van der Waals surface area contributed by atoms with Gasteiger partial charge in [-0.05, 0) is 71.0 Å². The molecule has 0 bridgehead atoms. The Morgan fingerprint density at radius 1 is 1.19 bits per heavy atom. The maximum Gasteiger partial charge on any atom is 0.494 e. The quantitative estimate of drug-likeness (QED) is 0.770. The molecule has 2 aliphatic rings. The number of carbonyl (C=O) groups is 1. The van der Waals surface area contributed by atoms with Crippen molar-refractivity contribution in [3.8, 4) is 0 Å². The molecule has 1 amide bonds. The Balaban J connectivity index is 1.80. The van der Waals surface area contributed by atoms with Gasteiger partial charge in [0.15, 0.2) is 0 Å². The van der Waals surface area contributed by atoms with Crippen LogP contribution in [0, 0.1) is 0 Å². The molecule has 5 heteroatoms. The number of hydrogen-bond acceptors (Lipinski definition) is 3. The largest absolute Gasteiger partial charge is 0.494 e. The van der Waals surface area contributed by atoms with Gasteiger partial charge in [-0.25, -0.2) is 0 Å². The van der Waals surface area contributed by atoms with Crippen molar-refractivity contribution >= 4 is 18.5 Å². The molecule has 142 valence electrons. The van der Waals surface area contributed by atoms with Crippen LogP contribution in [-0.2, 0) is 9.31 Å². The van der Waals surface area contributed by atoms with Crippen LogP contribution in [0.1, 0.15) is 77.1 Å². The Morgan fingerprint density at radius 3 is 2.54 bits per heavy atom. The minimum Gasteiger partial charge on any atom is -0.399 e. The molecule has 0 unspecified atom stereocenters. The standard InChI is InChI=1S/C21H32BNO3/c1-6-10-18-13-7-8-14-23(18)19(24)16-11-9-12-17(15-16)22-25-20(2,3)21(4,5)26-22/h9,11-12,15,18H,6-8,10,13-14H2,1-5H3/t18-/m1/s1.